The molecule has 0 aliphatic heterocycles. The zero-order valence-corrected chi connectivity index (χ0v) is 9.88. The molecule has 1 atom stereocenters. The van der Waals surface area contributed by atoms with Crippen molar-refractivity contribution in [2.24, 2.45) is 0 Å². The number of aromatic nitrogens is 1. The Hall–Kier alpha value is -1.81. The third-order valence-electron chi connectivity index (χ3n) is 2.87. The molecule has 1 N–H and O–H groups in total. The zero-order valence-electron chi connectivity index (χ0n) is 9.88. The highest BCUT2D eigenvalue weighted by molar-refractivity contribution is 5.94. The van der Waals surface area contributed by atoms with Gasteiger partial charge in [0.15, 0.2) is 0 Å². The molecule has 0 aliphatic rings. The van der Waals surface area contributed by atoms with E-state index in [2.05, 4.69) is 0 Å². The number of benzene rings is 1. The molecule has 17 heavy (non-hydrogen) atoms. The van der Waals surface area contributed by atoms with Crippen molar-refractivity contribution in [1.82, 2.24) is 4.57 Å². The maximum atomic E-state index is 11.2. The van der Waals surface area contributed by atoms with Crippen LogP contribution in [0.3, 0.4) is 0 Å². The van der Waals surface area contributed by atoms with E-state index in [9.17, 15) is 9.90 Å². The predicted octanol–water partition coefficient (Wildman–Crippen LogP) is 2.37. The normalized spacial score (nSPS) is 12.8. The molecule has 90 valence electrons. The van der Waals surface area contributed by atoms with Crippen molar-refractivity contribution < 1.29 is 14.6 Å². The molecule has 1 aromatic carbocycles. The van der Waals surface area contributed by atoms with Crippen LogP contribution in [0, 0.1) is 0 Å². The second-order valence-electron chi connectivity index (χ2n) is 4.05. The summed E-state index contributed by atoms with van der Waals surface area (Å²) in [6.45, 7) is 2.45. The van der Waals surface area contributed by atoms with Gasteiger partial charge in [-0.25, -0.2) is 4.79 Å². The maximum Gasteiger partial charge on any atom is 0.352 e. The van der Waals surface area contributed by atoms with E-state index in [0.717, 1.165) is 10.9 Å². The van der Waals surface area contributed by atoms with Gasteiger partial charge in [-0.05, 0) is 19.1 Å². The van der Waals surface area contributed by atoms with Crippen LogP contribution in [0.1, 0.15) is 17.4 Å². The Bertz CT molecular complexity index is 545. The van der Waals surface area contributed by atoms with Crippen molar-refractivity contribution in [3.63, 3.8) is 0 Å². The fourth-order valence-electron chi connectivity index (χ4n) is 1.92. The molecular weight excluding hydrogens is 218 g/mol. The number of fused-ring (bicyclic) bond motifs is 1. The Morgan fingerprint density at radius 3 is 2.82 bits per heavy atom. The highest BCUT2D eigenvalue weighted by Crippen LogP contribution is 2.20. The average Bonchev–Trinajstić information content (AvgIpc) is 2.68. The number of ether oxygens (including phenoxy) is 1. The first kappa shape index (κ1) is 11.7. The number of hydrogen-bond donors (Lipinski definition) is 1. The van der Waals surface area contributed by atoms with Gasteiger partial charge in [-0.1, -0.05) is 18.2 Å². The van der Waals surface area contributed by atoms with Crippen LogP contribution in [-0.4, -0.2) is 28.9 Å². The molecule has 0 saturated carbocycles. The number of aromatic carboxylic acids is 1. The number of para-hydroxylation sites is 1. The first-order valence-corrected chi connectivity index (χ1v) is 5.48. The standard InChI is InChI=1S/C13H15NO3/c1-9(17-2)8-14-11-6-4-3-5-10(11)7-12(14)13(15)16/h3-7,9H,8H2,1-2H3,(H,15,16). The van der Waals surface area contributed by atoms with Gasteiger partial charge < -0.3 is 14.4 Å². The van der Waals surface area contributed by atoms with E-state index in [-0.39, 0.29) is 6.10 Å². The Labute approximate surface area is 99.4 Å². The molecular formula is C13H15NO3. The third-order valence-corrected chi connectivity index (χ3v) is 2.87. The van der Waals surface area contributed by atoms with Crippen molar-refractivity contribution in [3.05, 3.63) is 36.0 Å². The molecule has 0 fully saturated rings. The minimum absolute atomic E-state index is 0.0242. The summed E-state index contributed by atoms with van der Waals surface area (Å²) in [6, 6.07) is 9.33. The summed E-state index contributed by atoms with van der Waals surface area (Å²) in [5.74, 6) is -0.912. The largest absolute Gasteiger partial charge is 0.477 e. The van der Waals surface area contributed by atoms with E-state index in [0.29, 0.717) is 12.2 Å². The van der Waals surface area contributed by atoms with Gasteiger partial charge in [0, 0.05) is 24.6 Å². The van der Waals surface area contributed by atoms with Gasteiger partial charge >= 0.3 is 5.97 Å². The average molecular weight is 233 g/mol. The second kappa shape index (κ2) is 4.59. The summed E-state index contributed by atoms with van der Waals surface area (Å²) >= 11 is 0. The number of carboxylic acid groups (broad SMARTS) is 1. The van der Waals surface area contributed by atoms with Crippen LogP contribution in [0.2, 0.25) is 0 Å². The zero-order chi connectivity index (χ0) is 12.4. The molecule has 0 amide bonds. The van der Waals surface area contributed by atoms with Crippen molar-refractivity contribution in [2.45, 2.75) is 19.6 Å². The third kappa shape index (κ3) is 2.17. The number of hydrogen-bond acceptors (Lipinski definition) is 2. The Balaban J connectivity index is 2.55. The van der Waals surface area contributed by atoms with Gasteiger partial charge in [0.2, 0.25) is 0 Å². The van der Waals surface area contributed by atoms with Crippen molar-refractivity contribution in [2.75, 3.05) is 7.11 Å². The van der Waals surface area contributed by atoms with Crippen molar-refractivity contribution in [1.29, 1.82) is 0 Å². The maximum absolute atomic E-state index is 11.2. The fourth-order valence-corrected chi connectivity index (χ4v) is 1.92. The topological polar surface area (TPSA) is 51.5 Å². The molecule has 0 bridgehead atoms. The summed E-state index contributed by atoms with van der Waals surface area (Å²) in [6.07, 6.45) is -0.0242. The minimum atomic E-state index is -0.912. The Morgan fingerprint density at radius 1 is 1.47 bits per heavy atom. The number of nitrogens with zero attached hydrogens (tertiary/aromatic N) is 1. The lowest BCUT2D eigenvalue weighted by Gasteiger charge is -2.13. The molecule has 4 heteroatoms. The SMILES string of the molecule is COC(C)Cn1c(C(=O)O)cc2ccccc21. The van der Waals surface area contributed by atoms with Crippen LogP contribution >= 0.6 is 0 Å². The molecule has 1 unspecified atom stereocenters. The van der Waals surface area contributed by atoms with Crippen LogP contribution in [-0.2, 0) is 11.3 Å². The Morgan fingerprint density at radius 2 is 2.18 bits per heavy atom. The number of methoxy groups -OCH3 is 1. The van der Waals surface area contributed by atoms with E-state index in [1.165, 1.54) is 0 Å². The highest BCUT2D eigenvalue weighted by atomic mass is 16.5. The molecule has 0 aliphatic carbocycles. The Kier molecular flexibility index (Phi) is 3.15. The lowest BCUT2D eigenvalue weighted by atomic mass is 10.2. The van der Waals surface area contributed by atoms with Crippen molar-refractivity contribution >= 4 is 16.9 Å². The van der Waals surface area contributed by atoms with Crippen LogP contribution in [0.15, 0.2) is 30.3 Å². The number of carboxylic acids is 1. The molecule has 1 heterocycles. The fraction of sp³-hybridized carbons (Fsp3) is 0.308. The molecule has 0 spiro atoms. The van der Waals surface area contributed by atoms with Crippen molar-refractivity contribution in [3.8, 4) is 0 Å². The van der Waals surface area contributed by atoms with E-state index in [1.54, 1.807) is 17.7 Å². The summed E-state index contributed by atoms with van der Waals surface area (Å²) in [5, 5.41) is 10.1. The number of carbonyl (C=O) groups is 1. The van der Waals surface area contributed by atoms with Crippen LogP contribution in [0.4, 0.5) is 0 Å². The van der Waals surface area contributed by atoms with Crippen LogP contribution in [0.5, 0.6) is 0 Å². The first-order valence-electron chi connectivity index (χ1n) is 5.48. The highest BCUT2D eigenvalue weighted by Gasteiger charge is 2.15. The van der Waals surface area contributed by atoms with E-state index in [4.69, 9.17) is 4.74 Å². The van der Waals surface area contributed by atoms with Gasteiger partial charge in [0.1, 0.15) is 5.69 Å². The molecule has 2 aromatic rings. The minimum Gasteiger partial charge on any atom is -0.477 e. The lowest BCUT2D eigenvalue weighted by molar-refractivity contribution is 0.0674. The lowest BCUT2D eigenvalue weighted by Crippen LogP contribution is -2.18. The summed E-state index contributed by atoms with van der Waals surface area (Å²) < 4.78 is 6.98. The molecule has 0 radical (unpaired) electrons. The van der Waals surface area contributed by atoms with E-state index in [1.807, 2.05) is 31.2 Å². The molecule has 4 nitrogen and oxygen atoms in total. The summed E-state index contributed by atoms with van der Waals surface area (Å²) in [4.78, 5) is 11.2. The van der Waals surface area contributed by atoms with Gasteiger partial charge in [0.05, 0.1) is 6.10 Å². The van der Waals surface area contributed by atoms with Gasteiger partial charge in [-0.15, -0.1) is 0 Å². The predicted molar refractivity (Wildman–Crippen MR) is 65.4 cm³/mol. The van der Waals surface area contributed by atoms with E-state index < -0.39 is 5.97 Å². The van der Waals surface area contributed by atoms with Gasteiger partial charge in [0.25, 0.3) is 0 Å². The van der Waals surface area contributed by atoms with Gasteiger partial charge in [-0.2, -0.15) is 0 Å². The molecule has 2 rings (SSSR count). The summed E-state index contributed by atoms with van der Waals surface area (Å²) in [5.41, 5.74) is 1.23. The molecule has 0 saturated heterocycles. The molecule has 1 aromatic heterocycles. The quantitative estimate of drug-likeness (QED) is 0.882. The van der Waals surface area contributed by atoms with Gasteiger partial charge in [-0.3, -0.25) is 0 Å². The second-order valence-corrected chi connectivity index (χ2v) is 4.05. The monoisotopic (exact) mass is 233 g/mol. The first-order chi connectivity index (χ1) is 8.13. The number of rotatable bonds is 4. The van der Waals surface area contributed by atoms with Crippen LogP contribution < -0.4 is 0 Å². The van der Waals surface area contributed by atoms with Crippen LogP contribution in [0.25, 0.3) is 10.9 Å². The summed E-state index contributed by atoms with van der Waals surface area (Å²) in [7, 11) is 1.62. The smallest absolute Gasteiger partial charge is 0.352 e. The van der Waals surface area contributed by atoms with E-state index >= 15 is 0 Å².